The van der Waals surface area contributed by atoms with Crippen molar-refractivity contribution in [2.24, 2.45) is 5.92 Å². The first-order chi connectivity index (χ1) is 19.1. The van der Waals surface area contributed by atoms with E-state index in [0.717, 1.165) is 22.9 Å². The van der Waals surface area contributed by atoms with Gasteiger partial charge in [-0.25, -0.2) is 14.8 Å². The summed E-state index contributed by atoms with van der Waals surface area (Å²) in [5.74, 6) is -0.111. The summed E-state index contributed by atoms with van der Waals surface area (Å²) in [6.45, 7) is 14.3. The zero-order chi connectivity index (χ0) is 28.5. The second-order valence-corrected chi connectivity index (χ2v) is 17.4. The molecule has 2 aromatic heterocycles. The van der Waals surface area contributed by atoms with Gasteiger partial charge in [0.2, 0.25) is 0 Å². The number of hydrogen-bond acceptors (Lipinski definition) is 8. The van der Waals surface area contributed by atoms with Gasteiger partial charge in [-0.1, -0.05) is 19.6 Å². The molecule has 3 aromatic rings. The summed E-state index contributed by atoms with van der Waals surface area (Å²) in [4.78, 5) is 22.4. The fourth-order valence-corrected chi connectivity index (χ4v) is 5.48. The minimum atomic E-state index is -1.28. The molecule has 1 fully saturated rings. The van der Waals surface area contributed by atoms with Crippen LogP contribution in [0.1, 0.15) is 48.3 Å². The van der Waals surface area contributed by atoms with Crippen molar-refractivity contribution in [3.05, 3.63) is 53.9 Å². The molecule has 214 valence electrons. The van der Waals surface area contributed by atoms with Crippen molar-refractivity contribution in [1.29, 1.82) is 0 Å². The third-order valence-electron chi connectivity index (χ3n) is 7.36. The lowest BCUT2D eigenvalue weighted by molar-refractivity contribution is -0.133. The second kappa shape index (κ2) is 11.2. The van der Waals surface area contributed by atoms with Crippen LogP contribution >= 0.6 is 0 Å². The molecule has 1 aliphatic carbocycles. The smallest absolute Gasteiger partial charge is 0.342 e. The van der Waals surface area contributed by atoms with Gasteiger partial charge in [0, 0.05) is 38.4 Å². The predicted molar refractivity (Wildman–Crippen MR) is 155 cm³/mol. The first-order valence-electron chi connectivity index (χ1n) is 14.0. The van der Waals surface area contributed by atoms with Gasteiger partial charge >= 0.3 is 5.97 Å². The van der Waals surface area contributed by atoms with E-state index in [1.807, 2.05) is 36.6 Å². The zero-order valence-corrected chi connectivity index (χ0v) is 25.3. The first kappa shape index (κ1) is 28.2. The van der Waals surface area contributed by atoms with Gasteiger partial charge < -0.3 is 28.3 Å². The molecule has 0 saturated heterocycles. The molecule has 0 amide bonds. The van der Waals surface area contributed by atoms with E-state index in [2.05, 4.69) is 24.6 Å². The average molecular weight is 566 g/mol. The maximum atomic E-state index is 13.1. The minimum absolute atomic E-state index is 0.262. The van der Waals surface area contributed by atoms with Gasteiger partial charge in [0.05, 0.1) is 18.7 Å². The molecule has 1 aromatic carbocycles. The van der Waals surface area contributed by atoms with Gasteiger partial charge in [0.15, 0.2) is 0 Å². The standard InChI is InChI=1S/C30H39N3O6Si/c1-7-36-29(34)25-20(2)33(19-35-14-15-40(4,5)6)28-26(31-18-32-27(25)28)23-16-22(30(3)38-12-13-39-30)10-11-24(23)37-17-21-8-9-21/h10-13,16,18,21H,7-9,14-15,17,19H2,1-6H3. The van der Waals surface area contributed by atoms with Crippen molar-refractivity contribution in [1.82, 2.24) is 14.5 Å². The zero-order valence-electron chi connectivity index (χ0n) is 24.3. The van der Waals surface area contributed by atoms with Crippen LogP contribution in [0.3, 0.4) is 0 Å². The molecule has 0 radical (unpaired) electrons. The molecule has 1 aliphatic heterocycles. The fourth-order valence-electron chi connectivity index (χ4n) is 4.73. The fraction of sp³-hybridized carbons (Fsp3) is 0.500. The molecule has 0 spiro atoms. The number of carbonyl (C=O) groups excluding carboxylic acids is 1. The molecule has 2 aliphatic rings. The van der Waals surface area contributed by atoms with Crippen molar-refractivity contribution >= 4 is 25.1 Å². The predicted octanol–water partition coefficient (Wildman–Crippen LogP) is 6.38. The second-order valence-electron chi connectivity index (χ2n) is 11.8. The minimum Gasteiger partial charge on any atom is -0.493 e. The van der Waals surface area contributed by atoms with Crippen molar-refractivity contribution in [2.75, 3.05) is 19.8 Å². The highest BCUT2D eigenvalue weighted by Crippen LogP contribution is 2.41. The van der Waals surface area contributed by atoms with Crippen LogP contribution in [-0.4, -0.2) is 48.4 Å². The molecule has 0 N–H and O–H groups in total. The van der Waals surface area contributed by atoms with E-state index >= 15 is 0 Å². The van der Waals surface area contributed by atoms with Crippen LogP contribution < -0.4 is 4.74 Å². The maximum Gasteiger partial charge on any atom is 0.342 e. The molecule has 3 heterocycles. The summed E-state index contributed by atoms with van der Waals surface area (Å²) < 4.78 is 31.5. The summed E-state index contributed by atoms with van der Waals surface area (Å²) in [7, 11) is -1.28. The van der Waals surface area contributed by atoms with Crippen LogP contribution in [-0.2, 0) is 31.5 Å². The normalized spacial score (nSPS) is 16.1. The van der Waals surface area contributed by atoms with Crippen molar-refractivity contribution in [3.63, 3.8) is 0 Å². The van der Waals surface area contributed by atoms with Gasteiger partial charge in [0.25, 0.3) is 5.79 Å². The highest BCUT2D eigenvalue weighted by molar-refractivity contribution is 6.76. The Kier molecular flexibility index (Phi) is 7.92. The number of rotatable bonds is 12. The van der Waals surface area contributed by atoms with Crippen molar-refractivity contribution in [3.8, 4) is 17.0 Å². The Labute approximate surface area is 236 Å². The summed E-state index contributed by atoms with van der Waals surface area (Å²) in [6, 6.07) is 6.91. The van der Waals surface area contributed by atoms with E-state index in [9.17, 15) is 4.79 Å². The number of fused-ring (bicyclic) bond motifs is 1. The number of aromatic nitrogens is 3. The molecule has 0 unspecified atom stereocenters. The maximum absolute atomic E-state index is 13.1. The molecule has 1 saturated carbocycles. The van der Waals surface area contributed by atoms with E-state index in [1.165, 1.54) is 31.7 Å². The van der Waals surface area contributed by atoms with Gasteiger partial charge in [-0.05, 0) is 56.9 Å². The van der Waals surface area contributed by atoms with E-state index in [-0.39, 0.29) is 13.3 Å². The van der Waals surface area contributed by atoms with E-state index in [1.54, 1.807) is 6.92 Å². The lowest BCUT2D eigenvalue weighted by Crippen LogP contribution is -2.22. The third-order valence-corrected chi connectivity index (χ3v) is 9.07. The SMILES string of the molecule is CCOC(=O)c1c(C)n(COCC[Si](C)(C)C)c2c(-c3cc(C4(C)OC=CO4)ccc3OCC3CC3)ncnc12. The third kappa shape index (κ3) is 5.88. The number of nitrogens with zero attached hydrogens (tertiary/aromatic N) is 3. The summed E-state index contributed by atoms with van der Waals surface area (Å²) in [5.41, 5.74) is 4.57. The lowest BCUT2D eigenvalue weighted by Gasteiger charge is -2.24. The van der Waals surface area contributed by atoms with E-state index in [4.69, 9.17) is 28.7 Å². The first-order valence-corrected chi connectivity index (χ1v) is 17.7. The number of ether oxygens (including phenoxy) is 5. The van der Waals surface area contributed by atoms with E-state index in [0.29, 0.717) is 47.2 Å². The van der Waals surface area contributed by atoms with Crippen LogP contribution in [0, 0.1) is 12.8 Å². The summed E-state index contributed by atoms with van der Waals surface area (Å²) in [6.07, 6.45) is 6.92. The topological polar surface area (TPSA) is 93.9 Å². The highest BCUT2D eigenvalue weighted by atomic mass is 28.3. The van der Waals surface area contributed by atoms with E-state index < -0.39 is 19.8 Å². The lowest BCUT2D eigenvalue weighted by atomic mass is 10.0. The van der Waals surface area contributed by atoms with Crippen LogP contribution in [0.15, 0.2) is 37.1 Å². The molecule has 5 rings (SSSR count). The molecule has 10 heteroatoms. The van der Waals surface area contributed by atoms with Crippen molar-refractivity contribution < 1.29 is 28.5 Å². The van der Waals surface area contributed by atoms with Crippen LogP contribution in [0.5, 0.6) is 5.75 Å². The average Bonchev–Trinajstić information content (AvgIpc) is 3.56. The molecule has 9 nitrogen and oxygen atoms in total. The largest absolute Gasteiger partial charge is 0.493 e. The molecule has 0 bridgehead atoms. The van der Waals surface area contributed by atoms with Gasteiger partial charge in [-0.2, -0.15) is 0 Å². The van der Waals surface area contributed by atoms with Gasteiger partial charge in [-0.3, -0.25) is 0 Å². The Morgan fingerprint density at radius 3 is 2.60 bits per heavy atom. The molecule has 0 atom stereocenters. The Morgan fingerprint density at radius 2 is 1.93 bits per heavy atom. The van der Waals surface area contributed by atoms with Crippen LogP contribution in [0.25, 0.3) is 22.3 Å². The van der Waals surface area contributed by atoms with Crippen molar-refractivity contribution in [2.45, 2.75) is 71.8 Å². The summed E-state index contributed by atoms with van der Waals surface area (Å²) in [5, 5.41) is 0. The van der Waals surface area contributed by atoms with Gasteiger partial charge in [-0.15, -0.1) is 0 Å². The number of carbonyl (C=O) groups is 1. The number of benzene rings is 1. The quantitative estimate of drug-likeness (QED) is 0.142. The van der Waals surface area contributed by atoms with Gasteiger partial charge in [0.1, 0.15) is 48.1 Å². The van der Waals surface area contributed by atoms with Crippen LogP contribution in [0.4, 0.5) is 0 Å². The Hall–Kier alpha value is -3.37. The highest BCUT2D eigenvalue weighted by Gasteiger charge is 2.34. The molecular weight excluding hydrogens is 526 g/mol. The Bertz CT molecular complexity index is 1420. The van der Waals surface area contributed by atoms with Crippen LogP contribution in [0.2, 0.25) is 25.7 Å². The molecular formula is C30H39N3O6Si. The number of hydrogen-bond donors (Lipinski definition) is 0. The number of esters is 1. The summed E-state index contributed by atoms with van der Waals surface area (Å²) >= 11 is 0. The Morgan fingerprint density at radius 1 is 1.18 bits per heavy atom. The monoisotopic (exact) mass is 565 g/mol. The Balaban J connectivity index is 1.64. The molecule has 40 heavy (non-hydrogen) atoms.